The third-order valence-electron chi connectivity index (χ3n) is 5.53. The van der Waals surface area contributed by atoms with Crippen molar-refractivity contribution < 1.29 is 22.8 Å². The molecular formula is C22H21N3O5S2. The van der Waals surface area contributed by atoms with Crippen molar-refractivity contribution in [2.45, 2.75) is 0 Å². The number of hydrogen-bond donors (Lipinski definition) is 1. The fourth-order valence-corrected chi connectivity index (χ4v) is 5.78. The minimum Gasteiger partial charge on any atom is -0.492 e. The van der Waals surface area contributed by atoms with Crippen LogP contribution in [0.5, 0.6) is 5.75 Å². The summed E-state index contributed by atoms with van der Waals surface area (Å²) < 4.78 is 36.1. The van der Waals surface area contributed by atoms with Crippen LogP contribution in [0.2, 0.25) is 0 Å². The molecule has 0 spiro atoms. The number of benzene rings is 1. The number of hydrogen-bond acceptors (Lipinski definition) is 9. The molecule has 1 fully saturated rings. The molecular weight excluding hydrogens is 450 g/mol. The van der Waals surface area contributed by atoms with Gasteiger partial charge in [0.25, 0.3) is 0 Å². The molecule has 0 atom stereocenters. The Labute approximate surface area is 188 Å². The zero-order chi connectivity index (χ0) is 22.1. The van der Waals surface area contributed by atoms with Crippen molar-refractivity contribution in [3.63, 3.8) is 0 Å². The van der Waals surface area contributed by atoms with Crippen LogP contribution in [0.3, 0.4) is 0 Å². The third-order valence-corrected chi connectivity index (χ3v) is 8.01. The maximum atomic E-state index is 11.5. The average molecular weight is 472 g/mol. The van der Waals surface area contributed by atoms with Crippen LogP contribution in [0.25, 0.3) is 32.5 Å². The van der Waals surface area contributed by atoms with Gasteiger partial charge in [0.2, 0.25) is 0 Å². The topological polar surface area (TPSA) is 105 Å². The van der Waals surface area contributed by atoms with Crippen molar-refractivity contribution in [3.05, 3.63) is 53.3 Å². The number of ether oxygens (including phenoxy) is 1. The zero-order valence-electron chi connectivity index (χ0n) is 17.1. The Kier molecular flexibility index (Phi) is 5.58. The van der Waals surface area contributed by atoms with E-state index in [2.05, 4.69) is 15.0 Å². The van der Waals surface area contributed by atoms with E-state index in [9.17, 15) is 13.6 Å². The Morgan fingerprint density at radius 3 is 2.84 bits per heavy atom. The molecule has 0 unspecified atom stereocenters. The fraction of sp³-hybridized carbons (Fsp3) is 0.273. The van der Waals surface area contributed by atoms with Crippen LogP contribution >= 0.6 is 11.3 Å². The first-order chi connectivity index (χ1) is 15.5. The second-order valence-electron chi connectivity index (χ2n) is 7.62. The van der Waals surface area contributed by atoms with E-state index >= 15 is 0 Å². The second-order valence-corrected chi connectivity index (χ2v) is 10.9. The van der Waals surface area contributed by atoms with Gasteiger partial charge in [0, 0.05) is 42.0 Å². The highest BCUT2D eigenvalue weighted by molar-refractivity contribution is 7.91. The Morgan fingerprint density at radius 1 is 1.19 bits per heavy atom. The molecule has 1 aromatic carbocycles. The molecule has 1 saturated heterocycles. The van der Waals surface area contributed by atoms with Crippen molar-refractivity contribution in [2.75, 3.05) is 37.7 Å². The quantitative estimate of drug-likeness (QED) is 0.352. The van der Waals surface area contributed by atoms with Crippen LogP contribution in [0.15, 0.2) is 57.5 Å². The minimum atomic E-state index is -2.89. The van der Waals surface area contributed by atoms with Gasteiger partial charge in [-0.15, -0.1) is 11.3 Å². The van der Waals surface area contributed by atoms with Crippen LogP contribution in [0.1, 0.15) is 0 Å². The summed E-state index contributed by atoms with van der Waals surface area (Å²) in [6.07, 6.45) is 1.80. The predicted octanol–water partition coefficient (Wildman–Crippen LogP) is 3.11. The zero-order valence-corrected chi connectivity index (χ0v) is 18.7. The number of aromatic nitrogens is 1. The number of sulfone groups is 1. The lowest BCUT2D eigenvalue weighted by atomic mass is 10.1. The van der Waals surface area contributed by atoms with Crippen LogP contribution in [-0.2, 0) is 9.84 Å². The van der Waals surface area contributed by atoms with Crippen molar-refractivity contribution in [3.8, 4) is 17.2 Å². The molecule has 1 aliphatic heterocycles. The van der Waals surface area contributed by atoms with Gasteiger partial charge >= 0.3 is 0 Å². The van der Waals surface area contributed by atoms with Gasteiger partial charge in [-0.05, 0) is 35.7 Å². The van der Waals surface area contributed by atoms with Crippen LogP contribution in [-0.4, -0.2) is 61.3 Å². The van der Waals surface area contributed by atoms with E-state index in [1.165, 1.54) is 0 Å². The first kappa shape index (κ1) is 20.9. The van der Waals surface area contributed by atoms with E-state index in [4.69, 9.17) is 9.15 Å². The molecule has 10 heteroatoms. The average Bonchev–Trinajstić information content (AvgIpc) is 3.27. The lowest BCUT2D eigenvalue weighted by molar-refractivity contribution is 0.219. The van der Waals surface area contributed by atoms with Gasteiger partial charge in [-0.3, -0.25) is 9.88 Å². The van der Waals surface area contributed by atoms with Crippen molar-refractivity contribution in [2.24, 2.45) is 5.16 Å². The second kappa shape index (κ2) is 8.53. The molecule has 32 heavy (non-hydrogen) atoms. The summed E-state index contributed by atoms with van der Waals surface area (Å²) in [5.41, 5.74) is 1.22. The van der Waals surface area contributed by atoms with Gasteiger partial charge in [-0.25, -0.2) is 8.42 Å². The highest BCUT2D eigenvalue weighted by Gasteiger charge is 2.21. The van der Waals surface area contributed by atoms with E-state index in [0.717, 1.165) is 10.1 Å². The maximum absolute atomic E-state index is 11.5. The van der Waals surface area contributed by atoms with E-state index in [1.54, 1.807) is 41.8 Å². The number of fused-ring (bicyclic) bond motifs is 2. The largest absolute Gasteiger partial charge is 0.492 e. The number of nitrogens with zero attached hydrogens (tertiary/aromatic N) is 3. The summed E-state index contributed by atoms with van der Waals surface area (Å²) in [5, 5.41) is 17.1. The first-order valence-electron chi connectivity index (χ1n) is 10.2. The monoisotopic (exact) mass is 471 g/mol. The molecule has 3 aromatic heterocycles. The Balaban J connectivity index is 1.35. The molecule has 0 bridgehead atoms. The normalized spacial score (nSPS) is 17.2. The summed E-state index contributed by atoms with van der Waals surface area (Å²) >= 11 is 1.63. The molecule has 0 radical (unpaired) electrons. The molecule has 0 aliphatic carbocycles. The summed E-state index contributed by atoms with van der Waals surface area (Å²) in [5.74, 6) is 1.52. The molecule has 1 aliphatic rings. The molecule has 4 heterocycles. The van der Waals surface area contributed by atoms with Crippen LogP contribution in [0, 0.1) is 0 Å². The molecule has 4 aromatic rings. The van der Waals surface area contributed by atoms with E-state index in [1.807, 2.05) is 17.5 Å². The standard InChI is InChI=1S/C22H21N3O5S2/c26-24-18-12-21(19-13-22-15(14-23-19)3-8-31-22)30-20-2-1-16(11-17(18)20)29-7-4-25-5-9-32(27,28)10-6-25/h1-3,8,11-14,26H,4-7,9-10H2/b24-18-. The lowest BCUT2D eigenvalue weighted by Gasteiger charge is -2.26. The van der Waals surface area contributed by atoms with Crippen molar-refractivity contribution >= 4 is 42.2 Å². The maximum Gasteiger partial charge on any atom is 0.155 e. The highest BCUT2D eigenvalue weighted by Crippen LogP contribution is 2.27. The summed E-state index contributed by atoms with van der Waals surface area (Å²) in [4.78, 5) is 6.54. The van der Waals surface area contributed by atoms with Gasteiger partial charge < -0.3 is 14.4 Å². The van der Waals surface area contributed by atoms with Crippen LogP contribution < -0.4 is 10.1 Å². The highest BCUT2D eigenvalue weighted by atomic mass is 32.2. The van der Waals surface area contributed by atoms with E-state index in [-0.39, 0.29) is 11.5 Å². The third kappa shape index (κ3) is 4.34. The molecule has 166 valence electrons. The predicted molar refractivity (Wildman–Crippen MR) is 123 cm³/mol. The van der Waals surface area contributed by atoms with Gasteiger partial charge in [-0.2, -0.15) is 0 Å². The van der Waals surface area contributed by atoms with Crippen molar-refractivity contribution in [1.29, 1.82) is 0 Å². The summed E-state index contributed by atoms with van der Waals surface area (Å²) in [7, 11) is -2.89. The van der Waals surface area contributed by atoms with E-state index < -0.39 is 9.84 Å². The van der Waals surface area contributed by atoms with E-state index in [0.29, 0.717) is 59.8 Å². The molecule has 5 rings (SSSR count). The van der Waals surface area contributed by atoms with Gasteiger partial charge in [-0.1, -0.05) is 5.16 Å². The molecule has 8 nitrogen and oxygen atoms in total. The Hall–Kier alpha value is -2.95. The fourth-order valence-electron chi connectivity index (χ4n) is 3.70. The summed E-state index contributed by atoms with van der Waals surface area (Å²) in [6.45, 7) is 2.13. The summed E-state index contributed by atoms with van der Waals surface area (Å²) in [6, 6.07) is 11.0. The Bertz CT molecular complexity index is 1450. The smallest absolute Gasteiger partial charge is 0.155 e. The first-order valence-corrected chi connectivity index (χ1v) is 12.9. The molecule has 0 amide bonds. The number of thiophene rings is 1. The van der Waals surface area contributed by atoms with Gasteiger partial charge in [0.15, 0.2) is 15.6 Å². The lowest BCUT2D eigenvalue weighted by Crippen LogP contribution is -2.42. The molecule has 0 saturated carbocycles. The Morgan fingerprint density at radius 2 is 2.03 bits per heavy atom. The molecule has 1 N–H and O–H groups in total. The number of rotatable bonds is 5. The van der Waals surface area contributed by atoms with Gasteiger partial charge in [0.1, 0.15) is 29.0 Å². The van der Waals surface area contributed by atoms with Crippen molar-refractivity contribution in [1.82, 2.24) is 9.88 Å². The van der Waals surface area contributed by atoms with Gasteiger partial charge in [0.05, 0.1) is 16.9 Å². The minimum absolute atomic E-state index is 0.197. The van der Waals surface area contributed by atoms with Crippen LogP contribution in [0.4, 0.5) is 0 Å². The SMILES string of the molecule is O=S1(=O)CCN(CCOc2ccc3oc(-c4cc5sccc5cn4)c/c(=N/O)c3c2)CC1. The number of pyridine rings is 1.